The number of carbonyl (C=O) groups excluding carboxylic acids is 1. The molecule has 1 atom stereocenters. The number of hydrogen-bond donors (Lipinski definition) is 3. The van der Waals surface area contributed by atoms with Crippen LogP contribution in [0.1, 0.15) is 35.4 Å². The van der Waals surface area contributed by atoms with Crippen molar-refractivity contribution in [2.45, 2.75) is 25.4 Å². The molecule has 0 saturated heterocycles. The largest absolute Gasteiger partial charge is 0.404 e. The minimum Gasteiger partial charge on any atom is -0.404 e. The molecule has 2 heterocycles. The molecule has 7 heteroatoms. The zero-order valence-electron chi connectivity index (χ0n) is 14.6. The number of aryl methyl sites for hydroxylation is 1. The van der Waals surface area contributed by atoms with Gasteiger partial charge in [-0.05, 0) is 43.0 Å². The number of carbonyl (C=O) groups is 1. The van der Waals surface area contributed by atoms with Crippen LogP contribution in [-0.4, -0.2) is 34.4 Å². The maximum atomic E-state index is 13.9. The van der Waals surface area contributed by atoms with Gasteiger partial charge in [0.05, 0.1) is 5.69 Å². The molecule has 0 radical (unpaired) electrons. The van der Waals surface area contributed by atoms with Crippen molar-refractivity contribution in [1.29, 1.82) is 5.41 Å². The number of pyridine rings is 1. The fourth-order valence-electron chi connectivity index (χ4n) is 3.14. The van der Waals surface area contributed by atoms with E-state index in [2.05, 4.69) is 10.3 Å². The summed E-state index contributed by atoms with van der Waals surface area (Å²) in [4.78, 5) is 17.0. The van der Waals surface area contributed by atoms with E-state index < -0.39 is 6.17 Å². The molecule has 0 spiro atoms. The lowest BCUT2D eigenvalue weighted by molar-refractivity contribution is 0.0947. The number of fused-ring (bicyclic) bond motifs is 1. The van der Waals surface area contributed by atoms with Gasteiger partial charge in [-0.1, -0.05) is 6.08 Å². The Bertz CT molecular complexity index is 912. The van der Waals surface area contributed by atoms with Gasteiger partial charge in [-0.15, -0.1) is 0 Å². The SMILES string of the molecule is Cn1c(C(=O)NCC2=CCCCC2F)cc2ccc(/C(C=N)=C/N)nc21. The summed E-state index contributed by atoms with van der Waals surface area (Å²) in [6.45, 7) is 0.216. The second-order valence-electron chi connectivity index (χ2n) is 6.32. The van der Waals surface area contributed by atoms with Crippen molar-refractivity contribution in [2.75, 3.05) is 6.54 Å². The van der Waals surface area contributed by atoms with Gasteiger partial charge < -0.3 is 21.0 Å². The Balaban J connectivity index is 1.83. The molecule has 0 saturated carbocycles. The summed E-state index contributed by atoms with van der Waals surface area (Å²) in [5.41, 5.74) is 8.29. The predicted molar refractivity (Wildman–Crippen MR) is 101 cm³/mol. The van der Waals surface area contributed by atoms with Crippen molar-refractivity contribution in [3.63, 3.8) is 0 Å². The van der Waals surface area contributed by atoms with Crippen LogP contribution in [0.15, 0.2) is 36.0 Å². The average Bonchev–Trinajstić information content (AvgIpc) is 2.98. The highest BCUT2D eigenvalue weighted by molar-refractivity contribution is 6.08. The average molecular weight is 355 g/mol. The highest BCUT2D eigenvalue weighted by atomic mass is 19.1. The zero-order valence-corrected chi connectivity index (χ0v) is 14.6. The Kier molecular flexibility index (Phi) is 5.16. The van der Waals surface area contributed by atoms with E-state index in [1.54, 1.807) is 23.7 Å². The third kappa shape index (κ3) is 3.37. The van der Waals surface area contributed by atoms with Crippen molar-refractivity contribution in [3.8, 4) is 0 Å². The van der Waals surface area contributed by atoms with Gasteiger partial charge >= 0.3 is 0 Å². The van der Waals surface area contributed by atoms with Gasteiger partial charge in [0.2, 0.25) is 0 Å². The number of hydrogen-bond acceptors (Lipinski definition) is 4. The Labute approximate surface area is 151 Å². The lowest BCUT2D eigenvalue weighted by atomic mass is 9.98. The number of allylic oxidation sites excluding steroid dienone is 2. The van der Waals surface area contributed by atoms with Crippen LogP contribution >= 0.6 is 0 Å². The highest BCUT2D eigenvalue weighted by Gasteiger charge is 2.19. The first kappa shape index (κ1) is 17.8. The number of alkyl halides is 1. The van der Waals surface area contributed by atoms with E-state index in [4.69, 9.17) is 11.1 Å². The van der Waals surface area contributed by atoms with E-state index in [-0.39, 0.29) is 12.5 Å². The van der Waals surface area contributed by atoms with Crippen LogP contribution in [0, 0.1) is 5.41 Å². The number of aromatic nitrogens is 2. The van der Waals surface area contributed by atoms with Crippen LogP contribution in [0.5, 0.6) is 0 Å². The molecular weight excluding hydrogens is 333 g/mol. The molecule has 6 nitrogen and oxygen atoms in total. The third-order valence-corrected chi connectivity index (χ3v) is 4.66. The minimum atomic E-state index is -0.969. The van der Waals surface area contributed by atoms with Crippen molar-refractivity contribution in [3.05, 3.63) is 47.4 Å². The van der Waals surface area contributed by atoms with Crippen LogP contribution in [0.2, 0.25) is 0 Å². The lowest BCUT2D eigenvalue weighted by Crippen LogP contribution is -2.30. The highest BCUT2D eigenvalue weighted by Crippen LogP contribution is 2.22. The lowest BCUT2D eigenvalue weighted by Gasteiger charge is -2.18. The molecular formula is C19H22FN5O. The van der Waals surface area contributed by atoms with E-state index in [0.717, 1.165) is 24.4 Å². The van der Waals surface area contributed by atoms with Crippen molar-refractivity contribution in [2.24, 2.45) is 12.8 Å². The number of nitrogens with two attached hydrogens (primary N) is 1. The molecule has 3 rings (SSSR count). The first-order valence-corrected chi connectivity index (χ1v) is 8.55. The molecule has 1 unspecified atom stereocenters. The number of nitrogens with one attached hydrogen (secondary N) is 2. The summed E-state index contributed by atoms with van der Waals surface area (Å²) in [6.07, 6.45) is 5.59. The van der Waals surface area contributed by atoms with Crippen LogP contribution in [0.3, 0.4) is 0 Å². The Morgan fingerprint density at radius 2 is 2.35 bits per heavy atom. The van der Waals surface area contributed by atoms with E-state index >= 15 is 0 Å². The summed E-state index contributed by atoms with van der Waals surface area (Å²) in [5, 5.41) is 11.0. The van der Waals surface area contributed by atoms with Gasteiger partial charge in [0, 0.05) is 37.0 Å². The Morgan fingerprint density at radius 1 is 1.54 bits per heavy atom. The van der Waals surface area contributed by atoms with Crippen LogP contribution in [-0.2, 0) is 7.05 Å². The summed E-state index contributed by atoms with van der Waals surface area (Å²) in [5.74, 6) is -0.271. The molecule has 2 aromatic heterocycles. The van der Waals surface area contributed by atoms with Crippen molar-refractivity contribution in [1.82, 2.24) is 14.9 Å². The van der Waals surface area contributed by atoms with Crippen LogP contribution in [0.25, 0.3) is 16.6 Å². The topological polar surface area (TPSA) is 96.8 Å². The molecule has 0 bridgehead atoms. The quantitative estimate of drug-likeness (QED) is 0.568. The molecule has 1 aliphatic rings. The second kappa shape index (κ2) is 7.51. The van der Waals surface area contributed by atoms with Gasteiger partial charge in [-0.3, -0.25) is 4.79 Å². The smallest absolute Gasteiger partial charge is 0.268 e. The molecule has 2 aromatic rings. The normalized spacial score (nSPS) is 17.8. The van der Waals surface area contributed by atoms with E-state index in [0.29, 0.717) is 34.6 Å². The standard InChI is InChI=1S/C19H22FN5O/c1-25-17(19(26)23-11-13-4-2-3-5-15(13)20)8-12-6-7-16(24-18(12)25)14(9-21)10-22/h4,6-10,15,21H,2-3,5,11,22H2,1H3,(H,23,26)/b14-10+,21-9?. The van der Waals surface area contributed by atoms with E-state index in [1.807, 2.05) is 12.1 Å². The molecule has 1 amide bonds. The first-order chi connectivity index (χ1) is 12.5. The zero-order chi connectivity index (χ0) is 18.7. The van der Waals surface area contributed by atoms with Crippen molar-refractivity contribution < 1.29 is 9.18 Å². The molecule has 0 fully saturated rings. The molecule has 26 heavy (non-hydrogen) atoms. The fourth-order valence-corrected chi connectivity index (χ4v) is 3.14. The number of rotatable bonds is 5. The molecule has 0 aliphatic heterocycles. The number of amides is 1. The third-order valence-electron chi connectivity index (χ3n) is 4.66. The van der Waals surface area contributed by atoms with E-state index in [1.165, 1.54) is 6.20 Å². The summed E-state index contributed by atoms with van der Waals surface area (Å²) in [7, 11) is 1.75. The minimum absolute atomic E-state index is 0.216. The maximum Gasteiger partial charge on any atom is 0.268 e. The number of halogens is 1. The number of nitrogens with zero attached hydrogens (tertiary/aromatic N) is 2. The maximum absolute atomic E-state index is 13.9. The molecule has 136 valence electrons. The Hall–Kier alpha value is -2.96. The van der Waals surface area contributed by atoms with Gasteiger partial charge in [-0.2, -0.15) is 0 Å². The second-order valence-corrected chi connectivity index (χ2v) is 6.32. The van der Waals surface area contributed by atoms with Gasteiger partial charge in [-0.25, -0.2) is 9.37 Å². The Morgan fingerprint density at radius 3 is 3.04 bits per heavy atom. The van der Waals surface area contributed by atoms with Gasteiger partial charge in [0.1, 0.15) is 17.5 Å². The van der Waals surface area contributed by atoms with Gasteiger partial charge in [0.25, 0.3) is 5.91 Å². The summed E-state index contributed by atoms with van der Waals surface area (Å²) >= 11 is 0. The predicted octanol–water partition coefficient (Wildman–Crippen LogP) is 2.70. The van der Waals surface area contributed by atoms with E-state index in [9.17, 15) is 9.18 Å². The molecule has 0 aromatic carbocycles. The molecule has 4 N–H and O–H groups in total. The monoisotopic (exact) mass is 355 g/mol. The van der Waals surface area contributed by atoms with Gasteiger partial charge in [0.15, 0.2) is 0 Å². The first-order valence-electron chi connectivity index (χ1n) is 8.55. The van der Waals surface area contributed by atoms with Crippen molar-refractivity contribution >= 4 is 28.7 Å². The van der Waals surface area contributed by atoms with Crippen LogP contribution < -0.4 is 11.1 Å². The summed E-state index contributed by atoms with van der Waals surface area (Å²) < 4.78 is 15.6. The van der Waals surface area contributed by atoms with Crippen LogP contribution in [0.4, 0.5) is 4.39 Å². The fraction of sp³-hybridized carbons (Fsp3) is 0.316. The molecule has 1 aliphatic carbocycles. The summed E-state index contributed by atoms with van der Waals surface area (Å²) in [6, 6.07) is 5.34.